The minimum Gasteiger partial charge on any atom is -0.462 e. The first-order valence-corrected chi connectivity index (χ1v) is 9.92. The Morgan fingerprint density at radius 1 is 1.17 bits per heavy atom. The van der Waals surface area contributed by atoms with Gasteiger partial charge in [-0.25, -0.2) is 13.2 Å². The van der Waals surface area contributed by atoms with Gasteiger partial charge in [0.2, 0.25) is 5.91 Å². The average molecular weight is 353 g/mol. The minimum atomic E-state index is -3.19. The fraction of sp³-hybridized carbons (Fsp3) is 0.529. The SMILES string of the molecule is CCOC(=O)c1ccc(NC(=O)CCS(=O)(=O)C2CCCC2)cc1. The topological polar surface area (TPSA) is 89.5 Å². The summed E-state index contributed by atoms with van der Waals surface area (Å²) in [5, 5.41) is 2.36. The van der Waals surface area contributed by atoms with Gasteiger partial charge in [-0.15, -0.1) is 0 Å². The molecule has 1 aliphatic carbocycles. The lowest BCUT2D eigenvalue weighted by Gasteiger charge is -2.11. The first-order valence-electron chi connectivity index (χ1n) is 8.21. The van der Waals surface area contributed by atoms with Crippen molar-refractivity contribution in [1.29, 1.82) is 0 Å². The fourth-order valence-corrected chi connectivity index (χ4v) is 4.63. The van der Waals surface area contributed by atoms with E-state index in [4.69, 9.17) is 4.74 Å². The van der Waals surface area contributed by atoms with Gasteiger partial charge in [0.05, 0.1) is 23.2 Å². The molecule has 132 valence electrons. The number of ether oxygens (including phenoxy) is 1. The molecular formula is C17H23NO5S. The standard InChI is InChI=1S/C17H23NO5S/c1-2-23-17(20)13-7-9-14(10-8-13)18-16(19)11-12-24(21,22)15-5-3-4-6-15/h7-10,15H,2-6,11-12H2,1H3,(H,18,19). The van der Waals surface area contributed by atoms with Crippen LogP contribution in [-0.4, -0.2) is 37.9 Å². The minimum absolute atomic E-state index is 0.0571. The van der Waals surface area contributed by atoms with E-state index < -0.39 is 15.8 Å². The van der Waals surface area contributed by atoms with Gasteiger partial charge in [-0.05, 0) is 44.0 Å². The maximum Gasteiger partial charge on any atom is 0.338 e. The van der Waals surface area contributed by atoms with E-state index in [0.29, 0.717) is 30.7 Å². The molecule has 0 atom stereocenters. The summed E-state index contributed by atoms with van der Waals surface area (Å²) in [6.45, 7) is 2.03. The van der Waals surface area contributed by atoms with Crippen molar-refractivity contribution < 1.29 is 22.7 Å². The predicted octanol–water partition coefficient (Wildman–Crippen LogP) is 2.55. The largest absolute Gasteiger partial charge is 0.462 e. The maximum atomic E-state index is 12.1. The monoisotopic (exact) mass is 353 g/mol. The number of carbonyl (C=O) groups excluding carboxylic acids is 2. The van der Waals surface area contributed by atoms with E-state index in [1.54, 1.807) is 31.2 Å². The highest BCUT2D eigenvalue weighted by Gasteiger charge is 2.28. The second-order valence-corrected chi connectivity index (χ2v) is 8.27. The molecule has 0 aromatic heterocycles. The summed E-state index contributed by atoms with van der Waals surface area (Å²) in [5.41, 5.74) is 0.921. The summed E-state index contributed by atoms with van der Waals surface area (Å²) < 4.78 is 29.2. The molecule has 6 nitrogen and oxygen atoms in total. The molecule has 1 aromatic rings. The van der Waals surface area contributed by atoms with Crippen molar-refractivity contribution in [3.05, 3.63) is 29.8 Å². The van der Waals surface area contributed by atoms with E-state index in [0.717, 1.165) is 12.8 Å². The molecule has 1 N–H and O–H groups in total. The smallest absolute Gasteiger partial charge is 0.338 e. The fourth-order valence-electron chi connectivity index (χ4n) is 2.78. The van der Waals surface area contributed by atoms with Gasteiger partial charge in [-0.2, -0.15) is 0 Å². The van der Waals surface area contributed by atoms with Gasteiger partial charge in [0, 0.05) is 12.1 Å². The molecule has 1 aromatic carbocycles. The van der Waals surface area contributed by atoms with Crippen LogP contribution < -0.4 is 5.32 Å². The Labute approximate surface area is 142 Å². The zero-order valence-electron chi connectivity index (χ0n) is 13.8. The summed E-state index contributed by atoms with van der Waals surface area (Å²) in [6.07, 6.45) is 3.25. The number of carbonyl (C=O) groups is 2. The Bertz CT molecular complexity index is 675. The van der Waals surface area contributed by atoms with E-state index in [1.165, 1.54) is 0 Å². The summed E-state index contributed by atoms with van der Waals surface area (Å²) in [6, 6.07) is 6.30. The van der Waals surface area contributed by atoms with E-state index in [-0.39, 0.29) is 23.3 Å². The molecule has 1 amide bonds. The van der Waals surface area contributed by atoms with Gasteiger partial charge in [0.15, 0.2) is 9.84 Å². The Hall–Kier alpha value is -1.89. The highest BCUT2D eigenvalue weighted by atomic mass is 32.2. The molecule has 0 bridgehead atoms. The molecule has 0 aliphatic heterocycles. The molecule has 1 aliphatic rings. The van der Waals surface area contributed by atoms with Gasteiger partial charge in [0.25, 0.3) is 0 Å². The van der Waals surface area contributed by atoms with E-state index in [2.05, 4.69) is 5.32 Å². The van der Waals surface area contributed by atoms with Crippen molar-refractivity contribution in [1.82, 2.24) is 0 Å². The lowest BCUT2D eigenvalue weighted by atomic mass is 10.2. The Morgan fingerprint density at radius 3 is 2.38 bits per heavy atom. The summed E-state index contributed by atoms with van der Waals surface area (Å²) >= 11 is 0. The molecule has 0 unspecified atom stereocenters. The Balaban J connectivity index is 1.85. The Morgan fingerprint density at radius 2 is 1.79 bits per heavy atom. The normalized spacial score (nSPS) is 15.2. The van der Waals surface area contributed by atoms with Gasteiger partial charge in [0.1, 0.15) is 0 Å². The van der Waals surface area contributed by atoms with Crippen molar-refractivity contribution >= 4 is 27.4 Å². The number of hydrogen-bond donors (Lipinski definition) is 1. The quantitative estimate of drug-likeness (QED) is 0.761. The zero-order valence-corrected chi connectivity index (χ0v) is 14.6. The number of amides is 1. The van der Waals surface area contributed by atoms with Crippen molar-refractivity contribution in [3.8, 4) is 0 Å². The average Bonchev–Trinajstić information content (AvgIpc) is 3.09. The molecule has 0 heterocycles. The summed E-state index contributed by atoms with van der Waals surface area (Å²) in [5.74, 6) is -0.886. The number of sulfone groups is 1. The van der Waals surface area contributed by atoms with Gasteiger partial charge in [-0.1, -0.05) is 12.8 Å². The second-order valence-electron chi connectivity index (χ2n) is 5.87. The number of esters is 1. The van der Waals surface area contributed by atoms with Crippen LogP contribution in [0.15, 0.2) is 24.3 Å². The van der Waals surface area contributed by atoms with Crippen LogP contribution in [0.1, 0.15) is 49.4 Å². The van der Waals surface area contributed by atoms with Crippen molar-refractivity contribution in [2.75, 3.05) is 17.7 Å². The van der Waals surface area contributed by atoms with Gasteiger partial charge in [-0.3, -0.25) is 4.79 Å². The molecule has 1 fully saturated rings. The van der Waals surface area contributed by atoms with Crippen LogP contribution in [0, 0.1) is 0 Å². The molecule has 1 saturated carbocycles. The van der Waals surface area contributed by atoms with Gasteiger partial charge >= 0.3 is 5.97 Å². The number of rotatable bonds is 7. The van der Waals surface area contributed by atoms with Crippen LogP contribution in [0.25, 0.3) is 0 Å². The number of nitrogens with one attached hydrogen (secondary N) is 1. The van der Waals surface area contributed by atoms with Crippen molar-refractivity contribution in [2.24, 2.45) is 0 Å². The second kappa shape index (κ2) is 8.28. The molecule has 2 rings (SSSR count). The molecule has 0 saturated heterocycles. The third kappa shape index (κ3) is 5.06. The van der Waals surface area contributed by atoms with E-state index in [9.17, 15) is 18.0 Å². The number of benzene rings is 1. The van der Waals surface area contributed by atoms with Gasteiger partial charge < -0.3 is 10.1 Å². The summed E-state index contributed by atoms with van der Waals surface area (Å²) in [4.78, 5) is 23.5. The predicted molar refractivity (Wildman–Crippen MR) is 91.7 cm³/mol. The zero-order chi connectivity index (χ0) is 17.6. The van der Waals surface area contributed by atoms with Crippen LogP contribution in [0.4, 0.5) is 5.69 Å². The molecule has 0 radical (unpaired) electrons. The highest BCUT2D eigenvalue weighted by Crippen LogP contribution is 2.25. The third-order valence-electron chi connectivity index (χ3n) is 4.10. The molecule has 7 heteroatoms. The number of hydrogen-bond acceptors (Lipinski definition) is 5. The molecule has 0 spiro atoms. The van der Waals surface area contributed by atoms with Crippen LogP contribution in [0.2, 0.25) is 0 Å². The maximum absolute atomic E-state index is 12.1. The van der Waals surface area contributed by atoms with E-state index >= 15 is 0 Å². The highest BCUT2D eigenvalue weighted by molar-refractivity contribution is 7.92. The first-order chi connectivity index (χ1) is 11.4. The van der Waals surface area contributed by atoms with Crippen molar-refractivity contribution in [3.63, 3.8) is 0 Å². The molecule has 24 heavy (non-hydrogen) atoms. The summed E-state index contributed by atoms with van der Waals surface area (Å²) in [7, 11) is -3.19. The van der Waals surface area contributed by atoms with Crippen LogP contribution >= 0.6 is 0 Å². The Kier molecular flexibility index (Phi) is 6.36. The van der Waals surface area contributed by atoms with Crippen LogP contribution in [0.3, 0.4) is 0 Å². The lowest BCUT2D eigenvalue weighted by molar-refractivity contribution is -0.115. The third-order valence-corrected chi connectivity index (χ3v) is 6.36. The number of anilines is 1. The van der Waals surface area contributed by atoms with Crippen LogP contribution in [0.5, 0.6) is 0 Å². The molecular weight excluding hydrogens is 330 g/mol. The van der Waals surface area contributed by atoms with E-state index in [1.807, 2.05) is 0 Å². The van der Waals surface area contributed by atoms with Crippen LogP contribution in [-0.2, 0) is 19.4 Å². The lowest BCUT2D eigenvalue weighted by Crippen LogP contribution is -2.24. The van der Waals surface area contributed by atoms with Crippen molar-refractivity contribution in [2.45, 2.75) is 44.3 Å². The first kappa shape index (κ1) is 18.4.